The smallest absolute Gasteiger partial charge is 0.273 e. The first-order chi connectivity index (χ1) is 14.6. The molecule has 2 aromatic carbocycles. The van der Waals surface area contributed by atoms with Crippen LogP contribution in [0.3, 0.4) is 0 Å². The summed E-state index contributed by atoms with van der Waals surface area (Å²) >= 11 is 0. The topological polar surface area (TPSA) is 82.1 Å². The molecule has 6 heteroatoms. The molecule has 3 heterocycles. The van der Waals surface area contributed by atoms with Gasteiger partial charge in [-0.25, -0.2) is 0 Å². The predicted molar refractivity (Wildman–Crippen MR) is 113 cm³/mol. The van der Waals surface area contributed by atoms with Crippen LogP contribution in [-0.2, 0) is 6.54 Å². The molecule has 1 aliphatic rings. The van der Waals surface area contributed by atoms with Crippen molar-refractivity contribution < 1.29 is 9.90 Å². The van der Waals surface area contributed by atoms with Crippen LogP contribution in [0, 0.1) is 6.92 Å². The van der Waals surface area contributed by atoms with Gasteiger partial charge in [-0.2, -0.15) is 5.10 Å². The summed E-state index contributed by atoms with van der Waals surface area (Å²) in [6, 6.07) is 18.7. The minimum absolute atomic E-state index is 0.110. The van der Waals surface area contributed by atoms with Gasteiger partial charge < -0.3 is 10.0 Å². The van der Waals surface area contributed by atoms with Gasteiger partial charge in [0.2, 0.25) is 0 Å². The quantitative estimate of drug-likeness (QED) is 0.541. The van der Waals surface area contributed by atoms with E-state index < -0.39 is 0 Å². The molecule has 0 saturated heterocycles. The van der Waals surface area contributed by atoms with Gasteiger partial charge in [-0.1, -0.05) is 42.0 Å². The Morgan fingerprint density at radius 1 is 1.03 bits per heavy atom. The van der Waals surface area contributed by atoms with E-state index in [2.05, 4.69) is 15.2 Å². The van der Waals surface area contributed by atoms with Crippen molar-refractivity contribution in [2.45, 2.75) is 19.5 Å². The molecule has 6 nitrogen and oxygen atoms in total. The van der Waals surface area contributed by atoms with Crippen LogP contribution in [0.15, 0.2) is 73.1 Å². The molecule has 1 atom stereocenters. The number of hydrogen-bond acceptors (Lipinski definition) is 4. The fraction of sp³-hybridized carbons (Fsp3) is 0.125. The van der Waals surface area contributed by atoms with Crippen molar-refractivity contribution >= 4 is 5.91 Å². The first-order valence-corrected chi connectivity index (χ1v) is 9.76. The summed E-state index contributed by atoms with van der Waals surface area (Å²) < 4.78 is 0. The Morgan fingerprint density at radius 2 is 1.77 bits per heavy atom. The molecule has 4 aromatic rings. The summed E-state index contributed by atoms with van der Waals surface area (Å²) in [6.45, 7) is 2.48. The van der Waals surface area contributed by atoms with E-state index in [9.17, 15) is 9.90 Å². The second-order valence-corrected chi connectivity index (χ2v) is 7.48. The number of pyridine rings is 1. The Hall–Kier alpha value is -3.93. The van der Waals surface area contributed by atoms with E-state index in [0.717, 1.165) is 22.3 Å². The number of aromatic amines is 1. The number of aryl methyl sites for hydroxylation is 1. The molecular weight excluding hydrogens is 376 g/mol. The average Bonchev–Trinajstić information content (AvgIpc) is 3.30. The van der Waals surface area contributed by atoms with E-state index >= 15 is 0 Å². The molecule has 0 spiro atoms. The maximum absolute atomic E-state index is 13.4. The molecule has 2 N–H and O–H groups in total. The van der Waals surface area contributed by atoms with E-state index in [4.69, 9.17) is 0 Å². The average molecular weight is 396 g/mol. The second-order valence-electron chi connectivity index (χ2n) is 7.48. The van der Waals surface area contributed by atoms with Crippen molar-refractivity contribution in [3.8, 4) is 17.0 Å². The Morgan fingerprint density at radius 3 is 2.50 bits per heavy atom. The summed E-state index contributed by atoms with van der Waals surface area (Å²) in [7, 11) is 0. The zero-order valence-corrected chi connectivity index (χ0v) is 16.4. The number of amides is 1. The molecule has 0 aliphatic carbocycles. The molecule has 2 aromatic heterocycles. The summed E-state index contributed by atoms with van der Waals surface area (Å²) in [4.78, 5) is 19.3. The number of nitrogens with zero attached hydrogens (tertiary/aromatic N) is 3. The Bertz CT molecular complexity index is 1220. The van der Waals surface area contributed by atoms with Crippen LogP contribution in [0.2, 0.25) is 0 Å². The van der Waals surface area contributed by atoms with Crippen molar-refractivity contribution in [1.82, 2.24) is 20.1 Å². The molecule has 1 aliphatic heterocycles. The van der Waals surface area contributed by atoms with E-state index in [1.54, 1.807) is 24.5 Å². The van der Waals surface area contributed by atoms with Crippen LogP contribution in [0.4, 0.5) is 0 Å². The third kappa shape index (κ3) is 2.93. The van der Waals surface area contributed by atoms with Gasteiger partial charge in [0.05, 0.1) is 6.04 Å². The molecule has 0 unspecified atom stereocenters. The minimum Gasteiger partial charge on any atom is -0.507 e. The number of hydrogen-bond donors (Lipinski definition) is 2. The second kappa shape index (κ2) is 7.15. The molecule has 1 amide bonds. The number of carbonyl (C=O) groups excluding carboxylic acids is 1. The zero-order chi connectivity index (χ0) is 20.7. The number of para-hydroxylation sites is 1. The number of fused-ring (bicyclic) bond motifs is 1. The Labute approximate surface area is 173 Å². The first-order valence-electron chi connectivity index (χ1n) is 9.76. The highest BCUT2D eigenvalue weighted by Gasteiger charge is 2.42. The molecule has 0 saturated carbocycles. The molecule has 148 valence electrons. The van der Waals surface area contributed by atoms with Gasteiger partial charge in [-0.15, -0.1) is 0 Å². The third-order valence-corrected chi connectivity index (χ3v) is 5.52. The van der Waals surface area contributed by atoms with Crippen molar-refractivity contribution in [2.24, 2.45) is 0 Å². The third-order valence-electron chi connectivity index (χ3n) is 5.52. The van der Waals surface area contributed by atoms with Crippen molar-refractivity contribution in [3.05, 3.63) is 101 Å². The Balaban J connectivity index is 1.67. The Kier molecular flexibility index (Phi) is 4.32. The highest BCUT2D eigenvalue weighted by Crippen LogP contribution is 2.44. The lowest BCUT2D eigenvalue weighted by Crippen LogP contribution is -2.29. The summed E-state index contributed by atoms with van der Waals surface area (Å²) in [5.41, 5.74) is 5.60. The van der Waals surface area contributed by atoms with Gasteiger partial charge >= 0.3 is 0 Å². The standard InChI is InChI=1S/C24H20N4O2/c1-15-6-8-17(9-7-15)23-20-21(18-4-2-3-5-19(18)29)26-27-22(20)24(30)28(23)14-16-10-12-25-13-11-16/h2-13,23,29H,14H2,1H3,(H,26,27)/t23-/m0/s1. The number of phenolic OH excluding ortho intramolecular Hbond substituents is 1. The molecule has 30 heavy (non-hydrogen) atoms. The van der Waals surface area contributed by atoms with E-state index in [0.29, 0.717) is 23.5 Å². The monoisotopic (exact) mass is 396 g/mol. The van der Waals surface area contributed by atoms with E-state index in [1.807, 2.05) is 60.4 Å². The van der Waals surface area contributed by atoms with Gasteiger partial charge in [0.15, 0.2) is 0 Å². The number of rotatable bonds is 4. The van der Waals surface area contributed by atoms with Crippen LogP contribution in [0.25, 0.3) is 11.3 Å². The maximum Gasteiger partial charge on any atom is 0.273 e. The van der Waals surface area contributed by atoms with E-state index in [1.165, 1.54) is 0 Å². The number of benzene rings is 2. The number of nitrogens with one attached hydrogen (secondary N) is 1. The van der Waals surface area contributed by atoms with Crippen LogP contribution >= 0.6 is 0 Å². The van der Waals surface area contributed by atoms with Crippen LogP contribution in [0.1, 0.15) is 38.8 Å². The fourth-order valence-corrected chi connectivity index (χ4v) is 4.02. The molecule has 0 fully saturated rings. The van der Waals surface area contributed by atoms with Crippen LogP contribution < -0.4 is 0 Å². The number of aromatic hydroxyl groups is 1. The lowest BCUT2D eigenvalue weighted by atomic mass is 9.95. The van der Waals surface area contributed by atoms with Gasteiger partial charge in [0.1, 0.15) is 17.1 Å². The molecular formula is C24H20N4O2. The van der Waals surface area contributed by atoms with Crippen molar-refractivity contribution in [2.75, 3.05) is 0 Å². The molecule has 0 radical (unpaired) electrons. The number of phenols is 1. The minimum atomic E-state index is -0.311. The summed E-state index contributed by atoms with van der Waals surface area (Å²) in [5.74, 6) is 0.0241. The highest BCUT2D eigenvalue weighted by atomic mass is 16.3. The van der Waals surface area contributed by atoms with Crippen molar-refractivity contribution in [3.63, 3.8) is 0 Å². The highest BCUT2D eigenvalue weighted by molar-refractivity contribution is 6.00. The first kappa shape index (κ1) is 18.1. The lowest BCUT2D eigenvalue weighted by Gasteiger charge is -2.26. The van der Waals surface area contributed by atoms with Crippen LogP contribution in [0.5, 0.6) is 5.75 Å². The van der Waals surface area contributed by atoms with Crippen LogP contribution in [-0.4, -0.2) is 31.1 Å². The SMILES string of the molecule is Cc1ccc([C@H]2c3c(-c4ccccc4O)n[nH]c3C(=O)N2Cc2ccncc2)cc1. The van der Waals surface area contributed by atoms with Gasteiger partial charge in [0.25, 0.3) is 5.91 Å². The normalized spacial score (nSPS) is 15.4. The number of H-pyrrole nitrogens is 1. The van der Waals surface area contributed by atoms with Gasteiger partial charge in [-0.05, 0) is 42.3 Å². The number of aromatic nitrogens is 3. The number of carbonyl (C=O) groups is 1. The maximum atomic E-state index is 13.4. The van der Waals surface area contributed by atoms with Crippen molar-refractivity contribution in [1.29, 1.82) is 0 Å². The fourth-order valence-electron chi connectivity index (χ4n) is 4.02. The predicted octanol–water partition coefficient (Wildman–Crippen LogP) is 4.23. The van der Waals surface area contributed by atoms with Gasteiger partial charge in [0, 0.05) is 30.1 Å². The molecule has 0 bridgehead atoms. The summed E-state index contributed by atoms with van der Waals surface area (Å²) in [5, 5.41) is 17.7. The van der Waals surface area contributed by atoms with Gasteiger partial charge in [-0.3, -0.25) is 14.9 Å². The molecule has 5 rings (SSSR count). The lowest BCUT2D eigenvalue weighted by molar-refractivity contribution is 0.0730. The van der Waals surface area contributed by atoms with E-state index in [-0.39, 0.29) is 17.7 Å². The zero-order valence-electron chi connectivity index (χ0n) is 16.4. The largest absolute Gasteiger partial charge is 0.507 e. The summed E-state index contributed by atoms with van der Waals surface area (Å²) in [6.07, 6.45) is 3.45.